The summed E-state index contributed by atoms with van der Waals surface area (Å²) >= 11 is 0. The molecule has 0 atom stereocenters. The summed E-state index contributed by atoms with van der Waals surface area (Å²) in [6.45, 7) is 2.77. The van der Waals surface area contributed by atoms with Crippen LogP contribution in [0.25, 0.3) is 0 Å². The number of rotatable bonds is 5. The maximum atomic E-state index is 12.1. The average Bonchev–Trinajstić information content (AvgIpc) is 2.25. The van der Waals surface area contributed by atoms with Crippen molar-refractivity contribution in [1.82, 2.24) is 10.3 Å². The number of alkyl halides is 3. The van der Waals surface area contributed by atoms with E-state index in [2.05, 4.69) is 15.6 Å². The summed E-state index contributed by atoms with van der Waals surface area (Å²) in [4.78, 5) is 4.03. The third-order valence-corrected chi connectivity index (χ3v) is 2.14. The van der Waals surface area contributed by atoms with Gasteiger partial charge in [-0.2, -0.15) is 13.2 Å². The first-order valence-electron chi connectivity index (χ1n) is 5.25. The minimum Gasteiger partial charge on any atom is -0.368 e. The monoisotopic (exact) mass is 247 g/mol. The van der Waals surface area contributed by atoms with Crippen LogP contribution in [0.15, 0.2) is 24.4 Å². The van der Waals surface area contributed by atoms with Gasteiger partial charge in [-0.1, -0.05) is 6.07 Å². The standard InChI is InChI=1S/C11H16F3N3/c1-10(2,17-8-11(12,13)14)7-16-9-5-3-4-6-15-9/h3-6,17H,7-8H2,1-2H3,(H,15,16). The second-order valence-corrected chi connectivity index (χ2v) is 4.42. The molecule has 96 valence electrons. The molecule has 3 nitrogen and oxygen atoms in total. The van der Waals surface area contributed by atoms with E-state index < -0.39 is 18.3 Å². The van der Waals surface area contributed by atoms with Crippen molar-refractivity contribution >= 4 is 5.82 Å². The fourth-order valence-electron chi connectivity index (χ4n) is 1.18. The van der Waals surface area contributed by atoms with E-state index >= 15 is 0 Å². The van der Waals surface area contributed by atoms with Crippen molar-refractivity contribution in [3.05, 3.63) is 24.4 Å². The number of nitrogens with zero attached hydrogens (tertiary/aromatic N) is 1. The van der Waals surface area contributed by atoms with E-state index in [1.165, 1.54) is 0 Å². The molecule has 6 heteroatoms. The summed E-state index contributed by atoms with van der Waals surface area (Å²) in [6.07, 6.45) is -2.57. The van der Waals surface area contributed by atoms with Crippen LogP contribution in [-0.4, -0.2) is 29.8 Å². The normalized spacial score (nSPS) is 12.5. The fraction of sp³-hybridized carbons (Fsp3) is 0.545. The number of hydrogen-bond acceptors (Lipinski definition) is 3. The van der Waals surface area contributed by atoms with Gasteiger partial charge in [0.25, 0.3) is 0 Å². The first kappa shape index (κ1) is 13.8. The van der Waals surface area contributed by atoms with Crippen molar-refractivity contribution in [3.63, 3.8) is 0 Å². The molecule has 0 amide bonds. The Balaban J connectivity index is 2.39. The quantitative estimate of drug-likeness (QED) is 0.839. The first-order chi connectivity index (χ1) is 7.79. The second-order valence-electron chi connectivity index (χ2n) is 4.42. The third kappa shape index (κ3) is 6.11. The van der Waals surface area contributed by atoms with Gasteiger partial charge in [-0.15, -0.1) is 0 Å². The third-order valence-electron chi connectivity index (χ3n) is 2.14. The molecule has 0 unspecified atom stereocenters. The minimum absolute atomic E-state index is 0.361. The highest BCUT2D eigenvalue weighted by Gasteiger charge is 2.30. The maximum Gasteiger partial charge on any atom is 0.401 e. The van der Waals surface area contributed by atoms with Gasteiger partial charge in [-0.3, -0.25) is 0 Å². The lowest BCUT2D eigenvalue weighted by molar-refractivity contribution is -0.127. The molecule has 1 rings (SSSR count). The molecule has 0 spiro atoms. The Bertz CT molecular complexity index is 336. The van der Waals surface area contributed by atoms with Crippen LogP contribution in [0.5, 0.6) is 0 Å². The van der Waals surface area contributed by atoms with Gasteiger partial charge in [-0.05, 0) is 26.0 Å². The topological polar surface area (TPSA) is 37.0 Å². The van der Waals surface area contributed by atoms with Crippen molar-refractivity contribution in [2.75, 3.05) is 18.4 Å². The summed E-state index contributed by atoms with van der Waals surface area (Å²) in [6, 6.07) is 5.35. The summed E-state index contributed by atoms with van der Waals surface area (Å²) in [5, 5.41) is 5.43. The van der Waals surface area contributed by atoms with E-state index in [0.29, 0.717) is 12.4 Å². The highest BCUT2D eigenvalue weighted by molar-refractivity contribution is 5.33. The number of aromatic nitrogens is 1. The molecule has 2 N–H and O–H groups in total. The Kier molecular flexibility index (Phi) is 4.34. The number of pyridine rings is 1. The van der Waals surface area contributed by atoms with Crippen molar-refractivity contribution in [2.24, 2.45) is 0 Å². The van der Waals surface area contributed by atoms with Crippen molar-refractivity contribution in [1.29, 1.82) is 0 Å². The molecule has 0 fully saturated rings. The first-order valence-corrected chi connectivity index (χ1v) is 5.25. The molecular formula is C11H16F3N3. The fourth-order valence-corrected chi connectivity index (χ4v) is 1.18. The van der Waals surface area contributed by atoms with Gasteiger partial charge < -0.3 is 10.6 Å². The SMILES string of the molecule is CC(C)(CNc1ccccn1)NCC(F)(F)F. The largest absolute Gasteiger partial charge is 0.401 e. The molecule has 0 aliphatic heterocycles. The summed E-state index contributed by atoms with van der Waals surface area (Å²) in [5.74, 6) is 0.648. The van der Waals surface area contributed by atoms with Crippen molar-refractivity contribution in [3.8, 4) is 0 Å². The van der Waals surface area contributed by atoms with Crippen LogP contribution in [0.2, 0.25) is 0 Å². The molecule has 17 heavy (non-hydrogen) atoms. The highest BCUT2D eigenvalue weighted by atomic mass is 19.4. The van der Waals surface area contributed by atoms with Gasteiger partial charge in [0, 0.05) is 18.3 Å². The zero-order valence-corrected chi connectivity index (χ0v) is 9.80. The Morgan fingerprint density at radius 1 is 1.18 bits per heavy atom. The molecule has 1 aromatic rings. The zero-order valence-electron chi connectivity index (χ0n) is 9.80. The highest BCUT2D eigenvalue weighted by Crippen LogP contribution is 2.15. The Hall–Kier alpha value is -1.30. The van der Waals surface area contributed by atoms with E-state index in [1.54, 1.807) is 32.2 Å². The number of nitrogens with one attached hydrogen (secondary N) is 2. The zero-order chi connectivity index (χ0) is 12.9. The number of hydrogen-bond donors (Lipinski definition) is 2. The number of halogens is 3. The minimum atomic E-state index is -4.19. The lowest BCUT2D eigenvalue weighted by atomic mass is 10.1. The van der Waals surface area contributed by atoms with E-state index in [1.807, 2.05) is 6.07 Å². The summed E-state index contributed by atoms with van der Waals surface area (Å²) in [5.41, 5.74) is -0.660. The van der Waals surface area contributed by atoms with Gasteiger partial charge in [0.1, 0.15) is 5.82 Å². The van der Waals surface area contributed by atoms with Crippen molar-refractivity contribution in [2.45, 2.75) is 25.6 Å². The predicted molar refractivity (Wildman–Crippen MR) is 60.9 cm³/mol. The van der Waals surface area contributed by atoms with Crippen molar-refractivity contribution < 1.29 is 13.2 Å². The Morgan fingerprint density at radius 3 is 2.41 bits per heavy atom. The van der Waals surface area contributed by atoms with E-state index in [0.717, 1.165) is 0 Å². The Morgan fingerprint density at radius 2 is 1.88 bits per heavy atom. The molecule has 0 aliphatic rings. The predicted octanol–water partition coefficient (Wildman–Crippen LogP) is 2.42. The van der Waals surface area contributed by atoms with Crippen LogP contribution >= 0.6 is 0 Å². The molecule has 0 aliphatic carbocycles. The van der Waals surface area contributed by atoms with Gasteiger partial charge in [0.15, 0.2) is 0 Å². The van der Waals surface area contributed by atoms with Crippen LogP contribution in [0.3, 0.4) is 0 Å². The van der Waals surface area contributed by atoms with E-state index in [4.69, 9.17) is 0 Å². The molecule has 0 radical (unpaired) electrons. The van der Waals surface area contributed by atoms with Crippen LogP contribution < -0.4 is 10.6 Å². The number of anilines is 1. The molecule has 0 aromatic carbocycles. The maximum absolute atomic E-state index is 12.1. The van der Waals surface area contributed by atoms with Gasteiger partial charge >= 0.3 is 6.18 Å². The van der Waals surface area contributed by atoms with Gasteiger partial charge in [0.05, 0.1) is 6.54 Å². The van der Waals surface area contributed by atoms with E-state index in [-0.39, 0.29) is 0 Å². The van der Waals surface area contributed by atoms with Gasteiger partial charge in [0.2, 0.25) is 0 Å². The van der Waals surface area contributed by atoms with Crippen LogP contribution in [-0.2, 0) is 0 Å². The molecule has 0 bridgehead atoms. The van der Waals surface area contributed by atoms with Crippen LogP contribution in [0, 0.1) is 0 Å². The molecular weight excluding hydrogens is 231 g/mol. The van der Waals surface area contributed by atoms with E-state index in [9.17, 15) is 13.2 Å². The van der Waals surface area contributed by atoms with Crippen LogP contribution in [0.4, 0.5) is 19.0 Å². The molecule has 0 saturated carbocycles. The average molecular weight is 247 g/mol. The lowest BCUT2D eigenvalue weighted by Gasteiger charge is -2.27. The molecule has 0 saturated heterocycles. The Labute approximate surface area is 98.4 Å². The lowest BCUT2D eigenvalue weighted by Crippen LogP contribution is -2.49. The van der Waals surface area contributed by atoms with Crippen LogP contribution in [0.1, 0.15) is 13.8 Å². The molecule has 1 heterocycles. The van der Waals surface area contributed by atoms with Gasteiger partial charge in [-0.25, -0.2) is 4.98 Å². The summed E-state index contributed by atoms with van der Waals surface area (Å²) in [7, 11) is 0. The molecule has 1 aromatic heterocycles. The smallest absolute Gasteiger partial charge is 0.368 e. The second kappa shape index (κ2) is 5.35. The summed E-state index contributed by atoms with van der Waals surface area (Å²) < 4.78 is 36.2.